The van der Waals surface area contributed by atoms with Gasteiger partial charge in [-0.3, -0.25) is 14.5 Å². The van der Waals surface area contributed by atoms with Gasteiger partial charge in [0, 0.05) is 11.6 Å². The number of furan rings is 1. The zero-order valence-corrected chi connectivity index (χ0v) is 16.6. The quantitative estimate of drug-likeness (QED) is 0.541. The molecule has 2 aromatic rings. The molecule has 0 saturated carbocycles. The van der Waals surface area contributed by atoms with E-state index in [2.05, 4.69) is 4.74 Å². The molecule has 2 amide bonds. The van der Waals surface area contributed by atoms with E-state index in [1.807, 2.05) is 0 Å². The van der Waals surface area contributed by atoms with Crippen LogP contribution in [0.4, 0.5) is 4.79 Å². The molecule has 2 heterocycles. The second-order valence-corrected chi connectivity index (χ2v) is 6.98. The van der Waals surface area contributed by atoms with Gasteiger partial charge in [0.25, 0.3) is 11.1 Å². The van der Waals surface area contributed by atoms with Crippen molar-refractivity contribution in [2.45, 2.75) is 13.0 Å². The number of rotatable bonds is 5. The smallest absolute Gasteiger partial charge is 0.338 e. The van der Waals surface area contributed by atoms with Crippen molar-refractivity contribution >= 4 is 40.9 Å². The maximum atomic E-state index is 12.5. The number of nitrogens with zero attached hydrogens (tertiary/aromatic N) is 1. The van der Waals surface area contributed by atoms with E-state index in [4.69, 9.17) is 9.15 Å². The molecular formula is C20H17NO7S. The third-order valence-electron chi connectivity index (χ3n) is 4.25. The molecule has 1 aliphatic rings. The molecule has 29 heavy (non-hydrogen) atoms. The molecule has 1 aromatic heterocycles. The summed E-state index contributed by atoms with van der Waals surface area (Å²) in [5, 5.41) is -0.568. The van der Waals surface area contributed by atoms with Crippen molar-refractivity contribution in [1.29, 1.82) is 0 Å². The number of ether oxygens (including phenoxy) is 2. The lowest BCUT2D eigenvalue weighted by Crippen LogP contribution is -2.42. The Kier molecular flexibility index (Phi) is 5.88. The molecule has 0 N–H and O–H groups in total. The Morgan fingerprint density at radius 2 is 1.83 bits per heavy atom. The number of hydrogen-bond acceptors (Lipinski definition) is 8. The second kappa shape index (κ2) is 8.36. The Labute approximate surface area is 170 Å². The summed E-state index contributed by atoms with van der Waals surface area (Å²) in [5.41, 5.74) is 0.870. The number of carbonyl (C=O) groups is 4. The van der Waals surface area contributed by atoms with E-state index in [0.717, 1.165) is 4.90 Å². The summed E-state index contributed by atoms with van der Waals surface area (Å²) < 4.78 is 15.1. The summed E-state index contributed by atoms with van der Waals surface area (Å²) in [4.78, 5) is 49.3. The Morgan fingerprint density at radius 3 is 2.52 bits per heavy atom. The van der Waals surface area contributed by atoms with Gasteiger partial charge in [-0.05, 0) is 36.9 Å². The van der Waals surface area contributed by atoms with Gasteiger partial charge >= 0.3 is 11.9 Å². The van der Waals surface area contributed by atoms with E-state index < -0.39 is 29.1 Å². The molecule has 1 saturated heterocycles. The Hall–Kier alpha value is -3.33. The number of amides is 2. The highest BCUT2D eigenvalue weighted by Crippen LogP contribution is 2.35. The van der Waals surface area contributed by atoms with Gasteiger partial charge in [0.1, 0.15) is 17.6 Å². The highest BCUT2D eigenvalue weighted by Gasteiger charge is 2.41. The number of imide groups is 1. The van der Waals surface area contributed by atoms with Crippen LogP contribution in [0.15, 0.2) is 45.7 Å². The van der Waals surface area contributed by atoms with Gasteiger partial charge in [-0.25, -0.2) is 9.59 Å². The first kappa shape index (κ1) is 20.4. The van der Waals surface area contributed by atoms with Gasteiger partial charge in [-0.1, -0.05) is 18.2 Å². The Morgan fingerprint density at radius 1 is 1.10 bits per heavy atom. The van der Waals surface area contributed by atoms with Crippen LogP contribution in [0, 0.1) is 0 Å². The second-order valence-electron chi connectivity index (χ2n) is 5.99. The van der Waals surface area contributed by atoms with Crippen LogP contribution >= 0.6 is 11.8 Å². The van der Waals surface area contributed by atoms with Crippen molar-refractivity contribution in [2.24, 2.45) is 0 Å². The number of methoxy groups -OCH3 is 2. The fourth-order valence-corrected chi connectivity index (χ4v) is 3.67. The average Bonchev–Trinajstić information content (AvgIpc) is 3.30. The predicted molar refractivity (Wildman–Crippen MR) is 105 cm³/mol. The molecule has 1 atom stereocenters. The first-order chi connectivity index (χ1) is 13.9. The van der Waals surface area contributed by atoms with Crippen molar-refractivity contribution in [2.75, 3.05) is 14.2 Å². The van der Waals surface area contributed by atoms with Gasteiger partial charge in [0.15, 0.2) is 0 Å². The van der Waals surface area contributed by atoms with Gasteiger partial charge < -0.3 is 13.9 Å². The van der Waals surface area contributed by atoms with Crippen molar-refractivity contribution in [3.63, 3.8) is 0 Å². The lowest BCUT2D eigenvalue weighted by molar-refractivity contribution is -0.148. The van der Waals surface area contributed by atoms with Crippen LogP contribution in [0.3, 0.4) is 0 Å². The normalized spacial score (nSPS) is 16.2. The molecule has 0 radical (unpaired) electrons. The highest BCUT2D eigenvalue weighted by atomic mass is 32.2. The summed E-state index contributed by atoms with van der Waals surface area (Å²) in [5.74, 6) is -1.08. The minimum Gasteiger partial charge on any atom is -0.467 e. The van der Waals surface area contributed by atoms with Crippen molar-refractivity contribution in [3.05, 3.63) is 52.6 Å². The lowest BCUT2D eigenvalue weighted by Gasteiger charge is -2.18. The van der Waals surface area contributed by atoms with Crippen LogP contribution < -0.4 is 0 Å². The molecule has 0 unspecified atom stereocenters. The van der Waals surface area contributed by atoms with E-state index in [9.17, 15) is 19.2 Å². The number of carbonyl (C=O) groups excluding carboxylic acids is 4. The molecule has 1 aliphatic heterocycles. The molecule has 3 rings (SSSR count). The molecule has 0 bridgehead atoms. The van der Waals surface area contributed by atoms with Crippen LogP contribution in [-0.4, -0.2) is 48.2 Å². The molecule has 8 nitrogen and oxygen atoms in total. The van der Waals surface area contributed by atoms with Crippen LogP contribution in [0.5, 0.6) is 0 Å². The maximum Gasteiger partial charge on any atom is 0.338 e. The summed E-state index contributed by atoms with van der Waals surface area (Å²) in [7, 11) is 2.47. The largest absolute Gasteiger partial charge is 0.467 e. The van der Waals surface area contributed by atoms with E-state index in [-0.39, 0.29) is 4.91 Å². The number of thioether (sulfide) groups is 1. The van der Waals surface area contributed by atoms with Crippen LogP contribution in [0.2, 0.25) is 0 Å². The average molecular weight is 415 g/mol. The molecule has 0 spiro atoms. The molecule has 150 valence electrons. The minimum absolute atomic E-state index is 0.118. The molecule has 1 aromatic carbocycles. The monoisotopic (exact) mass is 415 g/mol. The fraction of sp³-hybridized carbons (Fsp3) is 0.200. The molecule has 1 fully saturated rings. The summed E-state index contributed by atoms with van der Waals surface area (Å²) in [6, 6.07) is 9.01. The number of benzene rings is 1. The van der Waals surface area contributed by atoms with Crippen molar-refractivity contribution in [1.82, 2.24) is 4.90 Å². The van der Waals surface area contributed by atoms with Gasteiger partial charge in [-0.2, -0.15) is 0 Å². The number of hydrogen-bond donors (Lipinski definition) is 0. The maximum absolute atomic E-state index is 12.5. The summed E-state index contributed by atoms with van der Waals surface area (Å²) in [6.07, 6.45) is 1.42. The standard InChI is InChI=1S/C20H17NO7S/c1-11(18(23)26-2)21-17(22)16(29-20(21)25)10-12-8-9-15(28-12)13-6-4-5-7-14(13)19(24)27-3/h4-11H,1-3H3/b16-10+/t11-/m0/s1. The Balaban J connectivity index is 1.88. The molecule has 9 heteroatoms. The third-order valence-corrected chi connectivity index (χ3v) is 5.13. The van der Waals surface area contributed by atoms with Gasteiger partial charge in [-0.15, -0.1) is 0 Å². The predicted octanol–water partition coefficient (Wildman–Crippen LogP) is 3.33. The molecular weight excluding hydrogens is 398 g/mol. The zero-order chi connectivity index (χ0) is 21.1. The summed E-state index contributed by atoms with van der Waals surface area (Å²) >= 11 is 0.706. The SMILES string of the molecule is COC(=O)c1ccccc1-c1ccc(/C=C2/SC(=O)N([C@@H](C)C(=O)OC)C2=O)o1. The topological polar surface area (TPSA) is 103 Å². The zero-order valence-electron chi connectivity index (χ0n) is 15.8. The van der Waals surface area contributed by atoms with E-state index in [1.165, 1.54) is 27.2 Å². The van der Waals surface area contributed by atoms with E-state index in [1.54, 1.807) is 36.4 Å². The third kappa shape index (κ3) is 3.95. The van der Waals surface area contributed by atoms with Crippen LogP contribution in [-0.2, 0) is 19.1 Å². The van der Waals surface area contributed by atoms with Crippen molar-refractivity contribution < 1.29 is 33.1 Å². The first-order valence-electron chi connectivity index (χ1n) is 8.49. The lowest BCUT2D eigenvalue weighted by atomic mass is 10.1. The van der Waals surface area contributed by atoms with Crippen LogP contribution in [0.25, 0.3) is 17.4 Å². The van der Waals surface area contributed by atoms with Crippen LogP contribution in [0.1, 0.15) is 23.0 Å². The molecule has 0 aliphatic carbocycles. The minimum atomic E-state index is -1.03. The van der Waals surface area contributed by atoms with Gasteiger partial charge in [0.2, 0.25) is 0 Å². The highest BCUT2D eigenvalue weighted by molar-refractivity contribution is 8.18. The fourth-order valence-electron chi connectivity index (χ4n) is 2.78. The first-order valence-corrected chi connectivity index (χ1v) is 9.31. The van der Waals surface area contributed by atoms with Crippen molar-refractivity contribution in [3.8, 4) is 11.3 Å². The number of esters is 2. The van der Waals surface area contributed by atoms with E-state index in [0.29, 0.717) is 34.4 Å². The van der Waals surface area contributed by atoms with E-state index >= 15 is 0 Å². The Bertz CT molecular complexity index is 1020. The summed E-state index contributed by atoms with van der Waals surface area (Å²) in [6.45, 7) is 1.42. The van der Waals surface area contributed by atoms with Gasteiger partial charge in [0.05, 0.1) is 24.7 Å².